The second kappa shape index (κ2) is 5.55. The molecule has 72 valence electrons. The molecule has 1 saturated carbocycles. The topological polar surface area (TPSA) is 38.0 Å². The van der Waals surface area contributed by atoms with Gasteiger partial charge in [0.1, 0.15) is 0 Å². The molecule has 2 heteroatoms. The van der Waals surface area contributed by atoms with Crippen LogP contribution in [-0.2, 0) is 0 Å². The van der Waals surface area contributed by atoms with Crippen LogP contribution in [-0.4, -0.2) is 6.04 Å². The van der Waals surface area contributed by atoms with Gasteiger partial charge in [0, 0.05) is 6.04 Å². The molecule has 0 spiro atoms. The first-order valence-corrected chi connectivity index (χ1v) is 5.33. The van der Waals surface area contributed by atoms with Gasteiger partial charge in [0.05, 0.1) is 0 Å². The highest BCUT2D eigenvalue weighted by molar-refractivity contribution is 4.72. The number of nitrogens with two attached hydrogens (primary N) is 1. The van der Waals surface area contributed by atoms with Crippen LogP contribution >= 0.6 is 0 Å². The van der Waals surface area contributed by atoms with E-state index >= 15 is 0 Å². The van der Waals surface area contributed by atoms with E-state index in [1.165, 1.54) is 44.9 Å². The first kappa shape index (κ1) is 10.0. The summed E-state index contributed by atoms with van der Waals surface area (Å²) in [7, 11) is 0. The van der Waals surface area contributed by atoms with E-state index in [0.717, 1.165) is 5.92 Å². The maximum Gasteiger partial charge on any atom is 0.0213 e. The molecule has 0 aromatic heterocycles. The summed E-state index contributed by atoms with van der Waals surface area (Å²) in [6.45, 7) is 2.29. The summed E-state index contributed by atoms with van der Waals surface area (Å²) in [5.41, 5.74) is 2.94. The molecular weight excluding hydrogens is 148 g/mol. The van der Waals surface area contributed by atoms with Gasteiger partial charge in [-0.15, -0.1) is 0 Å². The van der Waals surface area contributed by atoms with Crippen molar-refractivity contribution in [1.29, 1.82) is 0 Å². The summed E-state index contributed by atoms with van der Waals surface area (Å²) >= 11 is 0. The molecule has 2 atom stereocenters. The summed E-state index contributed by atoms with van der Waals surface area (Å²) < 4.78 is 0. The first-order valence-electron chi connectivity index (χ1n) is 5.33. The Balaban J connectivity index is 2.33. The molecule has 1 aliphatic carbocycles. The third-order valence-corrected chi connectivity index (χ3v) is 3.10. The first-order chi connectivity index (χ1) is 5.86. The maximum absolute atomic E-state index is 5.49. The summed E-state index contributed by atoms with van der Waals surface area (Å²) in [5, 5.41) is 0. The summed E-state index contributed by atoms with van der Waals surface area (Å²) in [6.07, 6.45) is 9.46. The minimum atomic E-state index is 0.579. The van der Waals surface area contributed by atoms with E-state index < -0.39 is 0 Å². The summed E-state index contributed by atoms with van der Waals surface area (Å²) in [5.74, 6) is 6.40. The lowest BCUT2D eigenvalue weighted by Crippen LogP contribution is -2.37. The van der Waals surface area contributed by atoms with Crippen LogP contribution in [0.25, 0.3) is 0 Å². The van der Waals surface area contributed by atoms with Gasteiger partial charge < -0.3 is 0 Å². The Labute approximate surface area is 75.9 Å². The molecule has 12 heavy (non-hydrogen) atoms. The SMILES string of the molecule is CCC1CCCCCC(NN)C1. The zero-order chi connectivity index (χ0) is 8.81. The van der Waals surface area contributed by atoms with Gasteiger partial charge in [-0.05, 0) is 18.8 Å². The van der Waals surface area contributed by atoms with Gasteiger partial charge in [-0.1, -0.05) is 39.0 Å². The normalized spacial score (nSPS) is 32.5. The predicted molar refractivity (Wildman–Crippen MR) is 52.6 cm³/mol. The van der Waals surface area contributed by atoms with Crippen LogP contribution in [0.1, 0.15) is 51.9 Å². The average molecular weight is 170 g/mol. The molecule has 3 N–H and O–H groups in total. The highest BCUT2D eigenvalue weighted by Crippen LogP contribution is 2.24. The number of hydrogen-bond donors (Lipinski definition) is 2. The Morgan fingerprint density at radius 2 is 2.00 bits per heavy atom. The molecular formula is C10H22N2. The Morgan fingerprint density at radius 3 is 2.67 bits per heavy atom. The van der Waals surface area contributed by atoms with Gasteiger partial charge >= 0.3 is 0 Å². The standard InChI is InChI=1S/C10H22N2/c1-2-9-6-4-3-5-7-10(8-9)12-11/h9-10,12H,2-8,11H2,1H3. The van der Waals surface area contributed by atoms with Gasteiger partial charge in [-0.25, -0.2) is 0 Å². The van der Waals surface area contributed by atoms with Crippen molar-refractivity contribution in [3.63, 3.8) is 0 Å². The van der Waals surface area contributed by atoms with Crippen LogP contribution in [0.3, 0.4) is 0 Å². The fourth-order valence-corrected chi connectivity index (χ4v) is 2.16. The van der Waals surface area contributed by atoms with Gasteiger partial charge in [0.2, 0.25) is 0 Å². The molecule has 2 nitrogen and oxygen atoms in total. The summed E-state index contributed by atoms with van der Waals surface area (Å²) in [6, 6.07) is 0.579. The lowest BCUT2D eigenvalue weighted by Gasteiger charge is -2.24. The van der Waals surface area contributed by atoms with Crippen LogP contribution in [0.4, 0.5) is 0 Å². The molecule has 0 saturated heterocycles. The smallest absolute Gasteiger partial charge is 0.0213 e. The highest BCUT2D eigenvalue weighted by atomic mass is 15.2. The number of hydrogen-bond acceptors (Lipinski definition) is 2. The zero-order valence-electron chi connectivity index (χ0n) is 8.18. The van der Waals surface area contributed by atoms with Crippen molar-refractivity contribution in [3.05, 3.63) is 0 Å². The molecule has 0 heterocycles. The van der Waals surface area contributed by atoms with Crippen molar-refractivity contribution in [2.24, 2.45) is 11.8 Å². The molecule has 0 radical (unpaired) electrons. The van der Waals surface area contributed by atoms with E-state index in [9.17, 15) is 0 Å². The van der Waals surface area contributed by atoms with E-state index in [1.807, 2.05) is 0 Å². The fourth-order valence-electron chi connectivity index (χ4n) is 2.16. The maximum atomic E-state index is 5.49. The van der Waals surface area contributed by atoms with Gasteiger partial charge in [-0.3, -0.25) is 11.3 Å². The zero-order valence-corrected chi connectivity index (χ0v) is 8.18. The van der Waals surface area contributed by atoms with Crippen LogP contribution in [0.15, 0.2) is 0 Å². The van der Waals surface area contributed by atoms with Crippen molar-refractivity contribution >= 4 is 0 Å². The Bertz CT molecular complexity index is 102. The molecule has 0 aromatic carbocycles. The summed E-state index contributed by atoms with van der Waals surface area (Å²) in [4.78, 5) is 0. The van der Waals surface area contributed by atoms with Crippen molar-refractivity contribution in [3.8, 4) is 0 Å². The van der Waals surface area contributed by atoms with E-state index in [2.05, 4.69) is 12.3 Å². The lowest BCUT2D eigenvalue weighted by molar-refractivity contribution is 0.308. The van der Waals surface area contributed by atoms with E-state index in [0.29, 0.717) is 6.04 Å². The largest absolute Gasteiger partial charge is 0.271 e. The molecule has 1 aliphatic rings. The Hall–Kier alpha value is -0.0800. The van der Waals surface area contributed by atoms with Crippen LogP contribution < -0.4 is 11.3 Å². The number of nitrogens with one attached hydrogen (secondary N) is 1. The second-order valence-electron chi connectivity index (χ2n) is 4.01. The second-order valence-corrected chi connectivity index (χ2v) is 4.01. The fraction of sp³-hybridized carbons (Fsp3) is 1.00. The third-order valence-electron chi connectivity index (χ3n) is 3.10. The molecule has 0 aliphatic heterocycles. The monoisotopic (exact) mass is 170 g/mol. The van der Waals surface area contributed by atoms with E-state index in [1.54, 1.807) is 0 Å². The molecule has 2 unspecified atom stereocenters. The Morgan fingerprint density at radius 1 is 1.25 bits per heavy atom. The van der Waals surface area contributed by atoms with Gasteiger partial charge in [0.15, 0.2) is 0 Å². The van der Waals surface area contributed by atoms with Gasteiger partial charge in [-0.2, -0.15) is 0 Å². The highest BCUT2D eigenvalue weighted by Gasteiger charge is 2.16. The van der Waals surface area contributed by atoms with Crippen molar-refractivity contribution in [2.45, 2.75) is 57.9 Å². The molecule has 0 aromatic rings. The number of hydrazine groups is 1. The van der Waals surface area contributed by atoms with Crippen molar-refractivity contribution in [2.75, 3.05) is 0 Å². The van der Waals surface area contributed by atoms with Crippen LogP contribution in [0.5, 0.6) is 0 Å². The van der Waals surface area contributed by atoms with E-state index in [4.69, 9.17) is 5.84 Å². The van der Waals surface area contributed by atoms with Crippen LogP contribution in [0, 0.1) is 5.92 Å². The minimum Gasteiger partial charge on any atom is -0.271 e. The van der Waals surface area contributed by atoms with Crippen molar-refractivity contribution in [1.82, 2.24) is 5.43 Å². The van der Waals surface area contributed by atoms with Crippen LogP contribution in [0.2, 0.25) is 0 Å². The quantitative estimate of drug-likeness (QED) is 0.492. The van der Waals surface area contributed by atoms with Gasteiger partial charge in [0.25, 0.3) is 0 Å². The minimum absolute atomic E-state index is 0.579. The van der Waals surface area contributed by atoms with Crippen molar-refractivity contribution < 1.29 is 0 Å². The Kier molecular flexibility index (Phi) is 4.62. The number of rotatable bonds is 2. The molecule has 1 rings (SSSR count). The predicted octanol–water partition coefficient (Wildman–Crippen LogP) is 2.20. The van der Waals surface area contributed by atoms with E-state index in [-0.39, 0.29) is 0 Å². The lowest BCUT2D eigenvalue weighted by atomic mass is 9.87. The third kappa shape index (κ3) is 3.11. The average Bonchev–Trinajstić information content (AvgIpc) is 2.05. The molecule has 0 amide bonds. The molecule has 0 bridgehead atoms. The molecule has 1 fully saturated rings.